The molecule has 0 atom stereocenters. The van der Waals surface area contributed by atoms with Crippen LogP contribution in [-0.4, -0.2) is 39.5 Å². The van der Waals surface area contributed by atoms with Crippen molar-refractivity contribution in [3.05, 3.63) is 29.8 Å². The number of sulfonamides is 1. The molecule has 20 heavy (non-hydrogen) atoms. The van der Waals surface area contributed by atoms with Crippen LogP contribution < -0.4 is 0 Å². The Balaban J connectivity index is 2.42. The molecule has 0 saturated carbocycles. The minimum absolute atomic E-state index is 0.0671. The van der Waals surface area contributed by atoms with Gasteiger partial charge in [0.25, 0.3) is 10.1 Å². The Bertz CT molecular complexity index is 677. The van der Waals surface area contributed by atoms with Gasteiger partial charge in [-0.05, 0) is 24.5 Å². The maximum Gasteiger partial charge on any atom is 0.297 e. The van der Waals surface area contributed by atoms with Crippen molar-refractivity contribution in [2.24, 2.45) is 0 Å². The van der Waals surface area contributed by atoms with Crippen molar-refractivity contribution in [3.63, 3.8) is 0 Å². The second kappa shape index (κ2) is 5.78. The summed E-state index contributed by atoms with van der Waals surface area (Å²) in [4.78, 5) is -0.0671. The lowest BCUT2D eigenvalue weighted by atomic mass is 10.2. The summed E-state index contributed by atoms with van der Waals surface area (Å²) in [6.07, 6.45) is 1.58. The van der Waals surface area contributed by atoms with Gasteiger partial charge in [-0.2, -0.15) is 12.7 Å². The van der Waals surface area contributed by atoms with E-state index in [1.807, 2.05) is 0 Å². The molecule has 0 aromatic heterocycles. The number of hydrogen-bond acceptors (Lipinski definition) is 6. The molecule has 0 spiro atoms. The fourth-order valence-corrected chi connectivity index (χ4v) is 4.67. The Morgan fingerprint density at radius 1 is 1.10 bits per heavy atom. The molecule has 0 unspecified atom stereocenters. The molecule has 0 aliphatic carbocycles. The summed E-state index contributed by atoms with van der Waals surface area (Å²) >= 11 is 0. The van der Waals surface area contributed by atoms with Crippen LogP contribution in [0.2, 0.25) is 0 Å². The maximum absolute atomic E-state index is 12.5. The van der Waals surface area contributed by atoms with Crippen LogP contribution in [0, 0.1) is 0 Å². The van der Waals surface area contributed by atoms with Gasteiger partial charge in [0, 0.05) is 13.1 Å². The third-order valence-electron chi connectivity index (χ3n) is 3.10. The number of benzene rings is 1. The fraction of sp³-hybridized carbons (Fsp3) is 0.455. The van der Waals surface area contributed by atoms with Crippen LogP contribution in [0.15, 0.2) is 29.2 Å². The highest BCUT2D eigenvalue weighted by Gasteiger charge is 2.30. The molecule has 1 aliphatic heterocycles. The van der Waals surface area contributed by atoms with Crippen LogP contribution in [0.25, 0.3) is 0 Å². The van der Waals surface area contributed by atoms with Gasteiger partial charge in [-0.3, -0.25) is 0 Å². The number of nitrogens with zero attached hydrogens (tertiary/aromatic N) is 1. The normalized spacial score (nSPS) is 17.4. The second-order valence-electron chi connectivity index (χ2n) is 4.50. The first-order valence-electron chi connectivity index (χ1n) is 6.00. The molecule has 1 saturated heterocycles. The van der Waals surface area contributed by atoms with Crippen LogP contribution in [0.1, 0.15) is 18.4 Å². The van der Waals surface area contributed by atoms with Gasteiger partial charge >= 0.3 is 0 Å². The molecule has 1 N–H and O–H groups in total. The van der Waals surface area contributed by atoms with Gasteiger partial charge in [-0.15, -0.1) is 4.33 Å². The third kappa shape index (κ3) is 3.18. The average molecular weight is 321 g/mol. The molecular formula is C11H15NO6S2. The summed E-state index contributed by atoms with van der Waals surface area (Å²) in [5.41, 5.74) is 0.0773. The largest absolute Gasteiger partial charge is 0.297 e. The van der Waals surface area contributed by atoms with E-state index in [0.29, 0.717) is 13.1 Å². The quantitative estimate of drug-likeness (QED) is 0.635. The highest BCUT2D eigenvalue weighted by molar-refractivity contribution is 7.89. The Kier molecular flexibility index (Phi) is 4.45. The highest BCUT2D eigenvalue weighted by Crippen LogP contribution is 2.25. The van der Waals surface area contributed by atoms with Crippen LogP contribution in [0.5, 0.6) is 0 Å². The van der Waals surface area contributed by atoms with Crippen molar-refractivity contribution in [1.82, 2.24) is 4.31 Å². The monoisotopic (exact) mass is 321 g/mol. The van der Waals surface area contributed by atoms with Crippen molar-refractivity contribution in [2.75, 3.05) is 13.1 Å². The summed E-state index contributed by atoms with van der Waals surface area (Å²) in [6, 6.07) is 5.81. The van der Waals surface area contributed by atoms with Crippen molar-refractivity contribution < 1.29 is 26.4 Å². The lowest BCUT2D eigenvalue weighted by Crippen LogP contribution is -2.29. The molecule has 7 nitrogen and oxygen atoms in total. The molecule has 1 aromatic carbocycles. The van der Waals surface area contributed by atoms with Gasteiger partial charge in [-0.25, -0.2) is 13.7 Å². The molecule has 112 valence electrons. The van der Waals surface area contributed by atoms with E-state index in [9.17, 15) is 16.8 Å². The summed E-state index contributed by atoms with van der Waals surface area (Å²) in [5, 5.41) is 8.31. The Hall–Kier alpha value is -1.00. The first-order chi connectivity index (χ1) is 9.37. The van der Waals surface area contributed by atoms with Gasteiger partial charge in [0.15, 0.2) is 0 Å². The zero-order valence-electron chi connectivity index (χ0n) is 10.6. The highest BCUT2D eigenvalue weighted by atomic mass is 32.2. The third-order valence-corrected chi connectivity index (χ3v) is 5.99. The number of hydrogen-bond donors (Lipinski definition) is 1. The zero-order valence-corrected chi connectivity index (χ0v) is 12.2. The average Bonchev–Trinajstić information content (AvgIpc) is 2.93. The number of rotatable bonds is 5. The summed E-state index contributed by atoms with van der Waals surface area (Å²) < 4.78 is 52.2. The SMILES string of the molecule is O=S(=O)(Cc1ccccc1S(=O)(=O)N1CCCC1)OO. The van der Waals surface area contributed by atoms with Crippen molar-refractivity contribution >= 4 is 20.1 Å². The van der Waals surface area contributed by atoms with E-state index in [1.54, 1.807) is 0 Å². The van der Waals surface area contributed by atoms with Gasteiger partial charge < -0.3 is 0 Å². The first-order valence-corrected chi connectivity index (χ1v) is 9.02. The fourth-order valence-electron chi connectivity index (χ4n) is 2.16. The Labute approximate surface area is 117 Å². The van der Waals surface area contributed by atoms with E-state index < -0.39 is 25.9 Å². The van der Waals surface area contributed by atoms with Crippen molar-refractivity contribution in [3.8, 4) is 0 Å². The molecule has 0 radical (unpaired) electrons. The Morgan fingerprint density at radius 3 is 2.30 bits per heavy atom. The maximum atomic E-state index is 12.5. The molecular weight excluding hydrogens is 306 g/mol. The van der Waals surface area contributed by atoms with E-state index in [4.69, 9.17) is 5.26 Å². The Morgan fingerprint density at radius 2 is 1.70 bits per heavy atom. The van der Waals surface area contributed by atoms with Crippen LogP contribution in [-0.2, 0) is 30.2 Å². The van der Waals surface area contributed by atoms with Gasteiger partial charge in [0.05, 0.1) is 4.90 Å². The van der Waals surface area contributed by atoms with Crippen LogP contribution in [0.4, 0.5) is 0 Å². The molecule has 2 rings (SSSR count). The smallest absolute Gasteiger partial charge is 0.235 e. The van der Waals surface area contributed by atoms with Crippen LogP contribution >= 0.6 is 0 Å². The minimum Gasteiger partial charge on any atom is -0.235 e. The van der Waals surface area contributed by atoms with E-state index in [1.165, 1.54) is 28.6 Å². The summed E-state index contributed by atoms with van der Waals surface area (Å²) in [5.74, 6) is -0.702. The summed E-state index contributed by atoms with van der Waals surface area (Å²) in [7, 11) is -7.92. The molecule has 1 aliphatic rings. The van der Waals surface area contributed by atoms with Crippen molar-refractivity contribution in [1.29, 1.82) is 0 Å². The first kappa shape index (κ1) is 15.4. The second-order valence-corrected chi connectivity index (χ2v) is 7.95. The van der Waals surface area contributed by atoms with Gasteiger partial charge in [-0.1, -0.05) is 18.2 Å². The van der Waals surface area contributed by atoms with E-state index in [2.05, 4.69) is 4.33 Å². The van der Waals surface area contributed by atoms with E-state index in [-0.39, 0.29) is 10.5 Å². The molecule has 0 amide bonds. The lowest BCUT2D eigenvalue weighted by molar-refractivity contribution is -0.130. The zero-order chi connectivity index (χ0) is 14.8. The molecule has 9 heteroatoms. The van der Waals surface area contributed by atoms with Gasteiger partial charge in [0.1, 0.15) is 5.75 Å². The standard InChI is InChI=1S/C11H15NO6S2/c13-18-19(14,15)9-10-5-1-2-6-11(10)20(16,17)12-7-3-4-8-12/h1-2,5-6,13H,3-4,7-9H2. The van der Waals surface area contributed by atoms with E-state index >= 15 is 0 Å². The van der Waals surface area contributed by atoms with Crippen LogP contribution in [0.3, 0.4) is 0 Å². The molecule has 1 aromatic rings. The molecule has 1 heterocycles. The summed E-state index contributed by atoms with van der Waals surface area (Å²) in [6.45, 7) is 0.861. The lowest BCUT2D eigenvalue weighted by Gasteiger charge is -2.17. The van der Waals surface area contributed by atoms with Crippen molar-refractivity contribution in [2.45, 2.75) is 23.5 Å². The predicted molar refractivity (Wildman–Crippen MR) is 70.8 cm³/mol. The molecule has 1 fully saturated rings. The minimum atomic E-state index is -4.21. The topological polar surface area (TPSA) is 101 Å². The predicted octanol–water partition coefficient (Wildman–Crippen LogP) is 0.791. The van der Waals surface area contributed by atoms with Gasteiger partial charge in [0.2, 0.25) is 10.0 Å². The van der Waals surface area contributed by atoms with E-state index in [0.717, 1.165) is 12.8 Å². The molecule has 0 bridgehead atoms.